The molecule has 0 aromatic heterocycles. The molecule has 0 saturated carbocycles. The molecule has 0 radical (unpaired) electrons. The van der Waals surface area contributed by atoms with Crippen molar-refractivity contribution >= 4 is 25.9 Å². The summed E-state index contributed by atoms with van der Waals surface area (Å²) in [6.07, 6.45) is 0. The molecule has 11 heteroatoms. The Bertz CT molecular complexity index is 597. The van der Waals surface area contributed by atoms with Crippen molar-refractivity contribution in [2.45, 2.75) is 9.79 Å². The van der Waals surface area contributed by atoms with Crippen LogP contribution in [0.2, 0.25) is 0 Å². The van der Waals surface area contributed by atoms with E-state index < -0.39 is 35.7 Å². The van der Waals surface area contributed by atoms with Crippen LogP contribution in [0.15, 0.2) is 28.0 Å². The Balaban J connectivity index is 0. The molecular formula is C6H5K2NO6S2. The van der Waals surface area contributed by atoms with Crippen molar-refractivity contribution < 1.29 is 129 Å². The Labute approximate surface area is 184 Å². The fourth-order valence-electron chi connectivity index (χ4n) is 0.887. The molecule has 0 heterocycles. The van der Waals surface area contributed by atoms with Gasteiger partial charge in [0.2, 0.25) is 0 Å². The van der Waals surface area contributed by atoms with Crippen LogP contribution in [0.4, 0.5) is 5.69 Å². The second-order valence-electron chi connectivity index (χ2n) is 2.61. The fraction of sp³-hybridized carbons (Fsp3) is 0. The first-order valence-corrected chi connectivity index (χ1v) is 6.25. The van der Waals surface area contributed by atoms with Crippen molar-refractivity contribution in [1.29, 1.82) is 0 Å². The number of nitrogen functional groups attached to an aromatic ring is 1. The van der Waals surface area contributed by atoms with Crippen molar-refractivity contribution in [2.24, 2.45) is 0 Å². The van der Waals surface area contributed by atoms with Crippen LogP contribution in [0.3, 0.4) is 0 Å². The zero-order valence-corrected chi connectivity index (χ0v) is 17.0. The van der Waals surface area contributed by atoms with Crippen LogP contribution in [0.25, 0.3) is 0 Å². The molecule has 0 bridgehead atoms. The Kier molecular flexibility index (Phi) is 9.80. The van der Waals surface area contributed by atoms with Crippen LogP contribution in [-0.4, -0.2) is 25.9 Å². The average Bonchev–Trinajstić information content (AvgIpc) is 2.00. The predicted octanol–water partition coefficient (Wildman–Crippen LogP) is -6.92. The first kappa shape index (κ1) is 21.4. The largest absolute Gasteiger partial charge is 1.00 e. The topological polar surface area (TPSA) is 140 Å². The van der Waals surface area contributed by atoms with Gasteiger partial charge >= 0.3 is 103 Å². The summed E-state index contributed by atoms with van der Waals surface area (Å²) in [7, 11) is -9.71. The van der Waals surface area contributed by atoms with Gasteiger partial charge in [-0.25, -0.2) is 16.8 Å². The monoisotopic (exact) mass is 329 g/mol. The maximum absolute atomic E-state index is 10.6. The third kappa shape index (κ3) is 6.40. The van der Waals surface area contributed by atoms with Gasteiger partial charge in [-0.05, 0) is 18.2 Å². The Morgan fingerprint density at radius 2 is 1.41 bits per heavy atom. The van der Waals surface area contributed by atoms with Gasteiger partial charge in [0.25, 0.3) is 0 Å². The van der Waals surface area contributed by atoms with E-state index in [0.29, 0.717) is 6.07 Å². The molecule has 1 aromatic rings. The van der Waals surface area contributed by atoms with Crippen molar-refractivity contribution in [3.8, 4) is 0 Å². The van der Waals surface area contributed by atoms with Gasteiger partial charge in [-0.15, -0.1) is 0 Å². The van der Waals surface area contributed by atoms with E-state index in [1.54, 1.807) is 0 Å². The smallest absolute Gasteiger partial charge is 0.744 e. The summed E-state index contributed by atoms with van der Waals surface area (Å²) in [4.78, 5) is -1.73. The molecule has 0 amide bonds. The molecule has 0 aliphatic carbocycles. The summed E-state index contributed by atoms with van der Waals surface area (Å²) in [5, 5.41) is 0. The molecule has 84 valence electrons. The van der Waals surface area contributed by atoms with E-state index in [2.05, 4.69) is 0 Å². The van der Waals surface area contributed by atoms with Crippen molar-refractivity contribution in [3.05, 3.63) is 18.2 Å². The Morgan fingerprint density at radius 1 is 0.941 bits per heavy atom. The first-order valence-electron chi connectivity index (χ1n) is 3.43. The maximum Gasteiger partial charge on any atom is 1.00 e. The summed E-state index contributed by atoms with van der Waals surface area (Å²) in [6.45, 7) is 0. The van der Waals surface area contributed by atoms with Crippen molar-refractivity contribution in [3.63, 3.8) is 0 Å². The van der Waals surface area contributed by atoms with E-state index in [0.717, 1.165) is 12.1 Å². The minimum absolute atomic E-state index is 0. The maximum atomic E-state index is 10.6. The number of rotatable bonds is 2. The number of anilines is 1. The Hall–Kier alpha value is 2.11. The first-order chi connectivity index (χ1) is 6.62. The molecule has 0 aliphatic rings. The molecule has 0 saturated heterocycles. The van der Waals surface area contributed by atoms with Crippen molar-refractivity contribution in [1.82, 2.24) is 0 Å². The van der Waals surface area contributed by atoms with E-state index in [1.165, 1.54) is 0 Å². The molecule has 1 aromatic carbocycles. The van der Waals surface area contributed by atoms with Gasteiger partial charge in [-0.2, -0.15) is 0 Å². The average molecular weight is 329 g/mol. The predicted molar refractivity (Wildman–Crippen MR) is 46.8 cm³/mol. The van der Waals surface area contributed by atoms with Gasteiger partial charge in [0, 0.05) is 5.69 Å². The van der Waals surface area contributed by atoms with Gasteiger partial charge in [0.1, 0.15) is 20.2 Å². The van der Waals surface area contributed by atoms with Crippen LogP contribution in [0.1, 0.15) is 0 Å². The molecule has 0 spiro atoms. The van der Waals surface area contributed by atoms with E-state index in [9.17, 15) is 25.9 Å². The normalized spacial score (nSPS) is 11.2. The molecule has 0 unspecified atom stereocenters. The molecule has 0 atom stereocenters. The van der Waals surface area contributed by atoms with Gasteiger partial charge in [0.15, 0.2) is 0 Å². The van der Waals surface area contributed by atoms with Gasteiger partial charge < -0.3 is 14.8 Å². The van der Waals surface area contributed by atoms with Crippen LogP contribution in [0, 0.1) is 0 Å². The molecule has 2 N–H and O–H groups in total. The zero-order valence-electron chi connectivity index (χ0n) is 9.08. The molecule has 17 heavy (non-hydrogen) atoms. The zero-order chi connectivity index (χ0) is 11.9. The van der Waals surface area contributed by atoms with Crippen LogP contribution in [-0.2, 0) is 20.2 Å². The van der Waals surface area contributed by atoms with Crippen molar-refractivity contribution in [2.75, 3.05) is 5.73 Å². The summed E-state index contributed by atoms with van der Waals surface area (Å²) in [5.74, 6) is 0. The third-order valence-electron chi connectivity index (χ3n) is 1.54. The minimum Gasteiger partial charge on any atom is -0.744 e. The van der Waals surface area contributed by atoms with Gasteiger partial charge in [-0.3, -0.25) is 0 Å². The second-order valence-corrected chi connectivity index (χ2v) is 5.34. The van der Waals surface area contributed by atoms with E-state index in [4.69, 9.17) is 5.73 Å². The Morgan fingerprint density at radius 3 is 1.76 bits per heavy atom. The van der Waals surface area contributed by atoms with Gasteiger partial charge in [0.05, 0.1) is 9.79 Å². The molecular weight excluding hydrogens is 324 g/mol. The number of hydrogen-bond donors (Lipinski definition) is 1. The minimum atomic E-state index is -4.89. The van der Waals surface area contributed by atoms with Crippen LogP contribution < -0.4 is 109 Å². The summed E-state index contributed by atoms with van der Waals surface area (Å²) < 4.78 is 63.4. The fourth-order valence-corrected chi connectivity index (χ4v) is 2.09. The SMILES string of the molecule is Nc1ccc(S(=O)(=O)[O-])cc1S(=O)(=O)[O-].[K+].[K+]. The summed E-state index contributed by atoms with van der Waals surface area (Å²) in [6, 6.07) is 2.14. The van der Waals surface area contributed by atoms with Crippen LogP contribution >= 0.6 is 0 Å². The number of hydrogen-bond acceptors (Lipinski definition) is 7. The van der Waals surface area contributed by atoms with E-state index in [1.807, 2.05) is 0 Å². The standard InChI is InChI=1S/C6H7NO6S2.2K/c7-5-2-1-4(14(8,9)10)3-6(5)15(11,12)13;;/h1-3H,7H2,(H,8,9,10)(H,11,12,13);;/q;2*+1/p-2. The molecule has 1 rings (SSSR count). The van der Waals surface area contributed by atoms with E-state index in [-0.39, 0.29) is 103 Å². The third-order valence-corrected chi connectivity index (χ3v) is 3.27. The van der Waals surface area contributed by atoms with E-state index >= 15 is 0 Å². The molecule has 0 aliphatic heterocycles. The molecule has 7 nitrogen and oxygen atoms in total. The number of nitrogens with two attached hydrogens (primary N) is 1. The molecule has 0 fully saturated rings. The summed E-state index contributed by atoms with van der Waals surface area (Å²) in [5.41, 5.74) is 4.74. The summed E-state index contributed by atoms with van der Waals surface area (Å²) >= 11 is 0. The quantitative estimate of drug-likeness (QED) is 0.323. The number of benzene rings is 1. The van der Waals surface area contributed by atoms with Crippen LogP contribution in [0.5, 0.6) is 0 Å². The second kappa shape index (κ2) is 7.78. The van der Waals surface area contributed by atoms with Gasteiger partial charge in [-0.1, -0.05) is 0 Å².